The van der Waals surface area contributed by atoms with Gasteiger partial charge in [0.1, 0.15) is 6.04 Å². The Kier molecular flexibility index (Phi) is 4.32. The number of nitrogens with zero attached hydrogens (tertiary/aromatic N) is 2. The van der Waals surface area contributed by atoms with Gasteiger partial charge in [0.15, 0.2) is 0 Å². The van der Waals surface area contributed by atoms with Crippen LogP contribution >= 0.6 is 0 Å². The monoisotopic (exact) mass is 270 g/mol. The van der Waals surface area contributed by atoms with Crippen LogP contribution in [0.1, 0.15) is 11.6 Å². The van der Waals surface area contributed by atoms with E-state index in [0.29, 0.717) is 5.69 Å². The van der Waals surface area contributed by atoms with Gasteiger partial charge >= 0.3 is 0 Å². The van der Waals surface area contributed by atoms with E-state index in [1.54, 1.807) is 12.4 Å². The van der Waals surface area contributed by atoms with Gasteiger partial charge in [-0.1, -0.05) is 30.3 Å². The molecule has 0 aliphatic carbocycles. The lowest BCUT2D eigenvalue weighted by molar-refractivity contribution is -0.117. The largest absolute Gasteiger partial charge is 0.376 e. The van der Waals surface area contributed by atoms with Crippen LogP contribution in [0.4, 0.5) is 11.4 Å². The Hall–Kier alpha value is -2.40. The van der Waals surface area contributed by atoms with E-state index in [1.165, 1.54) is 0 Å². The Morgan fingerprint density at radius 1 is 1.25 bits per heavy atom. The molecule has 1 aromatic carbocycles. The lowest BCUT2D eigenvalue weighted by atomic mass is 10.1. The molecule has 2 aromatic rings. The van der Waals surface area contributed by atoms with Crippen molar-refractivity contribution in [2.75, 3.05) is 24.3 Å². The second kappa shape index (κ2) is 6.16. The van der Waals surface area contributed by atoms with Crippen molar-refractivity contribution in [2.45, 2.75) is 6.04 Å². The first-order valence-electron chi connectivity index (χ1n) is 6.32. The number of nitrogens with one attached hydrogen (secondary N) is 1. The predicted molar refractivity (Wildman–Crippen MR) is 80.6 cm³/mol. The first-order chi connectivity index (χ1) is 9.59. The maximum atomic E-state index is 12.2. The van der Waals surface area contributed by atoms with Gasteiger partial charge in [0.2, 0.25) is 5.91 Å². The molecule has 1 atom stereocenters. The minimum Gasteiger partial charge on any atom is -0.376 e. The molecule has 20 heavy (non-hydrogen) atoms. The van der Waals surface area contributed by atoms with Gasteiger partial charge < -0.3 is 16.0 Å². The molecule has 0 radical (unpaired) electrons. The molecule has 5 heteroatoms. The minimum absolute atomic E-state index is 0.257. The molecule has 3 N–H and O–H groups in total. The van der Waals surface area contributed by atoms with Crippen molar-refractivity contribution in [1.29, 1.82) is 0 Å². The van der Waals surface area contributed by atoms with Crippen LogP contribution < -0.4 is 16.0 Å². The van der Waals surface area contributed by atoms with Crippen LogP contribution in [-0.2, 0) is 4.79 Å². The topological polar surface area (TPSA) is 71.2 Å². The summed E-state index contributed by atoms with van der Waals surface area (Å²) < 4.78 is 0. The van der Waals surface area contributed by atoms with Crippen LogP contribution in [0.15, 0.2) is 48.8 Å². The molecular formula is C15H18N4O. The molecule has 0 fully saturated rings. The summed E-state index contributed by atoms with van der Waals surface area (Å²) in [5.41, 5.74) is 8.27. The van der Waals surface area contributed by atoms with Crippen molar-refractivity contribution in [1.82, 2.24) is 4.98 Å². The van der Waals surface area contributed by atoms with Crippen molar-refractivity contribution in [3.63, 3.8) is 0 Å². The van der Waals surface area contributed by atoms with E-state index >= 15 is 0 Å². The van der Waals surface area contributed by atoms with Gasteiger partial charge in [0, 0.05) is 20.3 Å². The third kappa shape index (κ3) is 3.13. The van der Waals surface area contributed by atoms with Gasteiger partial charge in [-0.2, -0.15) is 0 Å². The van der Waals surface area contributed by atoms with E-state index < -0.39 is 6.04 Å². The number of hydrogen-bond donors (Lipinski definition) is 2. The lowest BCUT2D eigenvalue weighted by Crippen LogP contribution is -2.28. The summed E-state index contributed by atoms with van der Waals surface area (Å²) in [6.07, 6.45) is 3.30. The van der Waals surface area contributed by atoms with E-state index in [2.05, 4.69) is 10.3 Å². The summed E-state index contributed by atoms with van der Waals surface area (Å²) in [6.45, 7) is 0. The zero-order valence-electron chi connectivity index (χ0n) is 11.6. The highest BCUT2D eigenvalue weighted by Gasteiger charge is 2.17. The molecular weight excluding hydrogens is 252 g/mol. The van der Waals surface area contributed by atoms with Gasteiger partial charge in [-0.05, 0) is 11.6 Å². The standard InChI is InChI=1S/C15H18N4O/c1-19(2)13-8-9-17-10-12(13)18-15(20)14(16)11-6-4-3-5-7-11/h3-10,14H,16H2,1-2H3,(H,18,20)/t14-/m1/s1. The number of amides is 1. The number of rotatable bonds is 4. The Morgan fingerprint density at radius 3 is 2.60 bits per heavy atom. The predicted octanol–water partition coefficient (Wildman–Crippen LogP) is 1.79. The summed E-state index contributed by atoms with van der Waals surface area (Å²) in [5, 5.41) is 2.82. The minimum atomic E-state index is -0.702. The maximum Gasteiger partial charge on any atom is 0.245 e. The zero-order valence-corrected chi connectivity index (χ0v) is 11.6. The smallest absolute Gasteiger partial charge is 0.245 e. The summed E-state index contributed by atoms with van der Waals surface area (Å²) in [6, 6.07) is 10.4. The average Bonchev–Trinajstić information content (AvgIpc) is 2.47. The molecule has 1 aromatic heterocycles. The molecule has 5 nitrogen and oxygen atoms in total. The quantitative estimate of drug-likeness (QED) is 0.888. The van der Waals surface area contributed by atoms with Crippen LogP contribution in [0, 0.1) is 0 Å². The maximum absolute atomic E-state index is 12.2. The van der Waals surface area contributed by atoms with Crippen LogP contribution in [-0.4, -0.2) is 25.0 Å². The number of carbonyl (C=O) groups excluding carboxylic acids is 1. The highest BCUT2D eigenvalue weighted by Crippen LogP contribution is 2.23. The highest BCUT2D eigenvalue weighted by atomic mass is 16.2. The first-order valence-corrected chi connectivity index (χ1v) is 6.32. The normalized spacial score (nSPS) is 11.8. The molecule has 0 aliphatic heterocycles. The summed E-state index contributed by atoms with van der Waals surface area (Å²) in [7, 11) is 3.81. The fourth-order valence-corrected chi connectivity index (χ4v) is 1.90. The van der Waals surface area contributed by atoms with Crippen molar-refractivity contribution in [3.8, 4) is 0 Å². The van der Waals surface area contributed by atoms with Gasteiger partial charge in [-0.25, -0.2) is 0 Å². The zero-order chi connectivity index (χ0) is 14.5. The number of hydrogen-bond acceptors (Lipinski definition) is 4. The average molecular weight is 270 g/mol. The van der Waals surface area contributed by atoms with Gasteiger partial charge in [0.05, 0.1) is 17.6 Å². The summed E-state index contributed by atoms with van der Waals surface area (Å²) >= 11 is 0. The van der Waals surface area contributed by atoms with Crippen LogP contribution in [0.3, 0.4) is 0 Å². The van der Waals surface area contributed by atoms with E-state index in [1.807, 2.05) is 55.4 Å². The van der Waals surface area contributed by atoms with Crippen LogP contribution in [0.5, 0.6) is 0 Å². The molecule has 0 saturated carbocycles. The molecule has 2 rings (SSSR count). The second-order valence-corrected chi connectivity index (χ2v) is 4.66. The Labute approximate surface area is 118 Å². The first kappa shape index (κ1) is 14.0. The SMILES string of the molecule is CN(C)c1ccncc1NC(=O)[C@H](N)c1ccccc1. The third-order valence-electron chi connectivity index (χ3n) is 2.98. The Morgan fingerprint density at radius 2 is 1.95 bits per heavy atom. The van der Waals surface area contributed by atoms with Gasteiger partial charge in [-0.15, -0.1) is 0 Å². The highest BCUT2D eigenvalue weighted by molar-refractivity contribution is 5.97. The third-order valence-corrected chi connectivity index (χ3v) is 2.98. The Bertz CT molecular complexity index is 583. The fourth-order valence-electron chi connectivity index (χ4n) is 1.90. The molecule has 104 valence electrons. The molecule has 0 aliphatic rings. The second-order valence-electron chi connectivity index (χ2n) is 4.66. The number of anilines is 2. The van der Waals surface area contributed by atoms with Crippen molar-refractivity contribution in [3.05, 3.63) is 54.4 Å². The lowest BCUT2D eigenvalue weighted by Gasteiger charge is -2.19. The van der Waals surface area contributed by atoms with E-state index in [4.69, 9.17) is 5.73 Å². The van der Waals surface area contributed by atoms with Gasteiger partial charge in [-0.3, -0.25) is 9.78 Å². The number of pyridine rings is 1. The van der Waals surface area contributed by atoms with Gasteiger partial charge in [0.25, 0.3) is 0 Å². The molecule has 0 saturated heterocycles. The number of benzene rings is 1. The van der Waals surface area contributed by atoms with Crippen LogP contribution in [0.2, 0.25) is 0 Å². The van der Waals surface area contributed by atoms with Crippen molar-refractivity contribution < 1.29 is 4.79 Å². The van der Waals surface area contributed by atoms with E-state index in [0.717, 1.165) is 11.3 Å². The number of carbonyl (C=O) groups is 1. The van der Waals surface area contributed by atoms with Crippen molar-refractivity contribution in [2.24, 2.45) is 5.73 Å². The molecule has 0 spiro atoms. The number of nitrogens with two attached hydrogens (primary N) is 1. The number of aromatic nitrogens is 1. The molecule has 0 unspecified atom stereocenters. The summed E-state index contributed by atoms with van der Waals surface area (Å²) in [4.78, 5) is 18.1. The van der Waals surface area contributed by atoms with E-state index in [9.17, 15) is 4.79 Å². The fraction of sp³-hybridized carbons (Fsp3) is 0.200. The summed E-state index contributed by atoms with van der Waals surface area (Å²) in [5.74, 6) is -0.257. The molecule has 1 heterocycles. The van der Waals surface area contributed by atoms with E-state index in [-0.39, 0.29) is 5.91 Å². The van der Waals surface area contributed by atoms with Crippen LogP contribution in [0.25, 0.3) is 0 Å². The molecule has 0 bridgehead atoms. The Balaban J connectivity index is 2.16. The van der Waals surface area contributed by atoms with Crippen molar-refractivity contribution >= 4 is 17.3 Å². The molecule has 1 amide bonds.